The number of sulfonamides is 1. The van der Waals surface area contributed by atoms with Crippen LogP contribution in [0.2, 0.25) is 5.02 Å². The molecule has 1 N–H and O–H groups in total. The second-order valence-corrected chi connectivity index (χ2v) is 12.4. The molecule has 0 aliphatic carbocycles. The molecule has 0 spiro atoms. The van der Waals surface area contributed by atoms with Crippen molar-refractivity contribution < 1.29 is 32.4 Å². The maximum atomic E-state index is 14.3. The van der Waals surface area contributed by atoms with Gasteiger partial charge in [-0.25, -0.2) is 8.42 Å². The lowest BCUT2D eigenvalue weighted by Gasteiger charge is -2.33. The monoisotopic (exact) mass is 660 g/mol. The number of ether oxygens (including phenoxy) is 2. The average Bonchev–Trinajstić information content (AvgIpc) is 3.02. The van der Waals surface area contributed by atoms with Crippen LogP contribution in [0.1, 0.15) is 37.8 Å². The Bertz CT molecular complexity index is 1650. The highest BCUT2D eigenvalue weighted by Crippen LogP contribution is 2.36. The number of anilines is 1. The first-order valence-electron chi connectivity index (χ1n) is 14.2. The largest absolute Gasteiger partial charge is 0.497 e. The molecule has 3 rings (SSSR count). The number of nitro benzene ring substituents is 1. The van der Waals surface area contributed by atoms with Crippen molar-refractivity contribution in [3.63, 3.8) is 0 Å². The van der Waals surface area contributed by atoms with Gasteiger partial charge in [0.25, 0.3) is 15.7 Å². The van der Waals surface area contributed by atoms with Gasteiger partial charge >= 0.3 is 0 Å². The minimum atomic E-state index is -4.63. The van der Waals surface area contributed by atoms with Gasteiger partial charge in [0.1, 0.15) is 24.1 Å². The number of hydrogen-bond donors (Lipinski definition) is 1. The summed E-state index contributed by atoms with van der Waals surface area (Å²) in [6.45, 7) is 4.72. The first-order chi connectivity index (χ1) is 21.4. The number of amides is 2. The number of benzene rings is 3. The smallest absolute Gasteiger partial charge is 0.273 e. The summed E-state index contributed by atoms with van der Waals surface area (Å²) in [5.74, 6) is -0.468. The van der Waals surface area contributed by atoms with Crippen LogP contribution in [0.25, 0.3) is 0 Å². The van der Waals surface area contributed by atoms with Gasteiger partial charge in [-0.3, -0.25) is 24.0 Å². The second kappa shape index (κ2) is 15.6. The summed E-state index contributed by atoms with van der Waals surface area (Å²) in [5.41, 5.74) is 0.439. The van der Waals surface area contributed by atoms with E-state index in [4.69, 9.17) is 21.1 Å². The molecule has 45 heavy (non-hydrogen) atoms. The van der Waals surface area contributed by atoms with E-state index in [0.29, 0.717) is 24.3 Å². The molecule has 0 bridgehead atoms. The summed E-state index contributed by atoms with van der Waals surface area (Å²) >= 11 is 6.27. The summed E-state index contributed by atoms with van der Waals surface area (Å²) in [4.78, 5) is 39.5. The Morgan fingerprint density at radius 2 is 1.78 bits per heavy atom. The molecule has 0 aliphatic rings. The van der Waals surface area contributed by atoms with E-state index in [1.54, 1.807) is 31.2 Å². The molecule has 242 valence electrons. The Kier molecular flexibility index (Phi) is 12.2. The molecule has 1 unspecified atom stereocenters. The minimum absolute atomic E-state index is 0.0370. The highest BCUT2D eigenvalue weighted by molar-refractivity contribution is 7.92. The molecule has 3 aromatic carbocycles. The Balaban J connectivity index is 2.19. The third-order valence-corrected chi connectivity index (χ3v) is 9.07. The SMILES string of the molecule is CCCNC(=O)C(CC)N(Cc1cccc(OC)c1)C(=O)CN(c1cc(Cl)ccc1OC)S(=O)(=O)c1ccc(C)c([N+](=O)[O-])c1. The summed E-state index contributed by atoms with van der Waals surface area (Å²) in [6, 6.07) is 13.8. The quantitative estimate of drug-likeness (QED) is 0.175. The van der Waals surface area contributed by atoms with E-state index in [-0.39, 0.29) is 40.9 Å². The van der Waals surface area contributed by atoms with Crippen LogP contribution in [0.15, 0.2) is 65.6 Å². The van der Waals surface area contributed by atoms with Crippen LogP contribution in [0.4, 0.5) is 11.4 Å². The molecule has 12 nitrogen and oxygen atoms in total. The van der Waals surface area contributed by atoms with E-state index in [9.17, 15) is 28.1 Å². The van der Waals surface area contributed by atoms with E-state index in [0.717, 1.165) is 10.4 Å². The maximum absolute atomic E-state index is 14.3. The van der Waals surface area contributed by atoms with Gasteiger partial charge in [0.15, 0.2) is 0 Å². The number of hydrogen-bond acceptors (Lipinski definition) is 8. The highest BCUT2D eigenvalue weighted by Gasteiger charge is 2.35. The number of methoxy groups -OCH3 is 2. The Morgan fingerprint density at radius 1 is 1.04 bits per heavy atom. The second-order valence-electron chi connectivity index (χ2n) is 10.1. The molecule has 0 aromatic heterocycles. The van der Waals surface area contributed by atoms with Gasteiger partial charge in [-0.2, -0.15) is 0 Å². The Labute approximate surface area is 268 Å². The average molecular weight is 661 g/mol. The lowest BCUT2D eigenvalue weighted by atomic mass is 10.1. The van der Waals surface area contributed by atoms with Crippen molar-refractivity contribution in [1.29, 1.82) is 0 Å². The molecule has 3 aromatic rings. The molecule has 0 radical (unpaired) electrons. The Morgan fingerprint density at radius 3 is 2.40 bits per heavy atom. The molecule has 0 fully saturated rings. The number of nitro groups is 1. The normalized spacial score (nSPS) is 11.8. The third kappa shape index (κ3) is 8.43. The number of carbonyl (C=O) groups excluding carboxylic acids is 2. The van der Waals surface area contributed by atoms with E-state index >= 15 is 0 Å². The molecule has 0 saturated heterocycles. The van der Waals surface area contributed by atoms with E-state index < -0.39 is 44.0 Å². The van der Waals surface area contributed by atoms with Gasteiger partial charge in [-0.05, 0) is 61.7 Å². The van der Waals surface area contributed by atoms with Crippen LogP contribution >= 0.6 is 11.6 Å². The fraction of sp³-hybridized carbons (Fsp3) is 0.355. The molecule has 14 heteroatoms. The van der Waals surface area contributed by atoms with Crippen LogP contribution in [0, 0.1) is 17.0 Å². The highest BCUT2D eigenvalue weighted by atomic mass is 35.5. The zero-order chi connectivity index (χ0) is 33.3. The van der Waals surface area contributed by atoms with Crippen LogP contribution in [-0.4, -0.2) is 63.4 Å². The van der Waals surface area contributed by atoms with Crippen molar-refractivity contribution in [2.24, 2.45) is 0 Å². The molecule has 0 aliphatic heterocycles. The first kappa shape index (κ1) is 35.1. The van der Waals surface area contributed by atoms with Crippen molar-refractivity contribution in [2.45, 2.75) is 51.1 Å². The standard InChI is InChI=1S/C31H37ClN4O8S/c1-6-15-33-31(38)26(7-2)34(19-22-9-8-10-24(16-22)43-4)30(37)20-35(28-17-23(32)12-14-29(28)44-5)45(41,42)25-13-11-21(3)27(18-25)36(39)40/h8-14,16-18,26H,6-7,15,19-20H2,1-5H3,(H,33,38). The molecule has 2 amide bonds. The van der Waals surface area contributed by atoms with Crippen LogP contribution in [-0.2, 0) is 26.2 Å². The molecular formula is C31H37ClN4O8S. The number of aryl methyl sites for hydroxylation is 1. The van der Waals surface area contributed by atoms with Crippen LogP contribution in [0.5, 0.6) is 11.5 Å². The molecule has 0 saturated carbocycles. The third-order valence-electron chi connectivity index (χ3n) is 7.08. The van der Waals surface area contributed by atoms with Crippen molar-refractivity contribution in [2.75, 3.05) is 31.6 Å². The number of rotatable bonds is 15. The predicted octanol–water partition coefficient (Wildman–Crippen LogP) is 5.10. The molecule has 1 atom stereocenters. The molecule has 0 heterocycles. The minimum Gasteiger partial charge on any atom is -0.497 e. The summed E-state index contributed by atoms with van der Waals surface area (Å²) < 4.78 is 40.1. The zero-order valence-corrected chi connectivity index (χ0v) is 27.4. The lowest BCUT2D eigenvalue weighted by molar-refractivity contribution is -0.385. The molecular weight excluding hydrogens is 624 g/mol. The summed E-state index contributed by atoms with van der Waals surface area (Å²) in [7, 11) is -1.80. The fourth-order valence-electron chi connectivity index (χ4n) is 4.70. The van der Waals surface area contributed by atoms with Crippen LogP contribution < -0.4 is 19.1 Å². The van der Waals surface area contributed by atoms with E-state index in [1.807, 2.05) is 6.92 Å². The fourth-order valence-corrected chi connectivity index (χ4v) is 6.30. The van der Waals surface area contributed by atoms with Crippen molar-refractivity contribution in [3.8, 4) is 11.5 Å². The summed E-state index contributed by atoms with van der Waals surface area (Å²) in [5, 5.41) is 14.7. The predicted molar refractivity (Wildman–Crippen MR) is 171 cm³/mol. The zero-order valence-electron chi connectivity index (χ0n) is 25.8. The number of nitrogens with one attached hydrogen (secondary N) is 1. The van der Waals surface area contributed by atoms with Crippen molar-refractivity contribution in [1.82, 2.24) is 10.2 Å². The van der Waals surface area contributed by atoms with Gasteiger partial charge in [-0.15, -0.1) is 0 Å². The van der Waals surface area contributed by atoms with Crippen LogP contribution in [0.3, 0.4) is 0 Å². The van der Waals surface area contributed by atoms with E-state index in [2.05, 4.69) is 5.32 Å². The topological polar surface area (TPSA) is 148 Å². The first-order valence-corrected chi connectivity index (χ1v) is 16.0. The number of halogens is 1. The number of carbonyl (C=O) groups is 2. The van der Waals surface area contributed by atoms with Gasteiger partial charge in [0, 0.05) is 29.7 Å². The van der Waals surface area contributed by atoms with Gasteiger partial charge in [0.2, 0.25) is 11.8 Å². The van der Waals surface area contributed by atoms with Crippen molar-refractivity contribution in [3.05, 3.63) is 86.9 Å². The maximum Gasteiger partial charge on any atom is 0.273 e. The van der Waals surface area contributed by atoms with Crippen molar-refractivity contribution >= 4 is 44.8 Å². The lowest BCUT2D eigenvalue weighted by Crippen LogP contribution is -2.52. The van der Waals surface area contributed by atoms with Gasteiger partial charge in [-0.1, -0.05) is 43.6 Å². The van der Waals surface area contributed by atoms with Gasteiger partial charge in [0.05, 0.1) is 29.7 Å². The van der Waals surface area contributed by atoms with Gasteiger partial charge < -0.3 is 19.7 Å². The summed E-state index contributed by atoms with van der Waals surface area (Å²) in [6.07, 6.45) is 0.915. The Hall–Kier alpha value is -4.36. The number of nitrogens with zero attached hydrogens (tertiary/aromatic N) is 3. The van der Waals surface area contributed by atoms with E-state index in [1.165, 1.54) is 56.4 Å².